The van der Waals surface area contributed by atoms with Crippen LogP contribution in [0.5, 0.6) is 5.75 Å². The monoisotopic (exact) mass is 402 g/mol. The smallest absolute Gasteiger partial charge is 0.257 e. The molecule has 0 aliphatic heterocycles. The van der Waals surface area contributed by atoms with E-state index < -0.39 is 0 Å². The number of nitrogens with zero attached hydrogens (tertiary/aromatic N) is 1. The Bertz CT molecular complexity index is 892. The number of carbonyl (C=O) groups is 1. The summed E-state index contributed by atoms with van der Waals surface area (Å²) in [6.45, 7) is 1.91. The lowest BCUT2D eigenvalue weighted by atomic mass is 10.1. The number of aryl methyl sites for hydroxylation is 1. The molecule has 0 saturated heterocycles. The van der Waals surface area contributed by atoms with Crippen LogP contribution in [0.25, 0.3) is 11.3 Å². The molecule has 0 spiro atoms. The van der Waals surface area contributed by atoms with Crippen molar-refractivity contribution >= 4 is 38.3 Å². The second-order valence-electron chi connectivity index (χ2n) is 5.16. The maximum absolute atomic E-state index is 12.3. The van der Waals surface area contributed by atoms with E-state index in [4.69, 9.17) is 4.74 Å². The molecular weight excluding hydrogens is 388 g/mol. The van der Waals surface area contributed by atoms with Crippen LogP contribution in [-0.2, 0) is 0 Å². The van der Waals surface area contributed by atoms with Gasteiger partial charge in [-0.3, -0.25) is 10.1 Å². The number of hydrogen-bond acceptors (Lipinski definition) is 4. The van der Waals surface area contributed by atoms with E-state index in [-0.39, 0.29) is 5.91 Å². The van der Waals surface area contributed by atoms with Gasteiger partial charge in [0.05, 0.1) is 17.3 Å². The summed E-state index contributed by atoms with van der Waals surface area (Å²) >= 11 is 4.87. The lowest BCUT2D eigenvalue weighted by Gasteiger charge is -2.05. The number of hydrogen-bond donors (Lipinski definition) is 1. The SMILES string of the molecule is COc1ccc(-c2csc(NC(=O)c3ccccc3C)n2)cc1Br. The zero-order valence-electron chi connectivity index (χ0n) is 13.2. The highest BCUT2D eigenvalue weighted by Crippen LogP contribution is 2.32. The van der Waals surface area contributed by atoms with Gasteiger partial charge < -0.3 is 4.74 Å². The Kier molecular flexibility index (Phi) is 4.97. The molecule has 122 valence electrons. The predicted octanol–water partition coefficient (Wildman–Crippen LogP) is 5.14. The molecule has 1 heterocycles. The van der Waals surface area contributed by atoms with E-state index in [0.717, 1.165) is 27.0 Å². The molecule has 0 radical (unpaired) electrons. The van der Waals surface area contributed by atoms with Crippen LogP contribution in [0.3, 0.4) is 0 Å². The lowest BCUT2D eigenvalue weighted by molar-refractivity contribution is 0.102. The van der Waals surface area contributed by atoms with Crippen molar-refractivity contribution in [3.63, 3.8) is 0 Å². The van der Waals surface area contributed by atoms with Crippen molar-refractivity contribution in [3.05, 3.63) is 63.4 Å². The van der Waals surface area contributed by atoms with Crippen molar-refractivity contribution in [3.8, 4) is 17.0 Å². The normalized spacial score (nSPS) is 10.5. The Morgan fingerprint density at radius 1 is 1.25 bits per heavy atom. The molecule has 1 aromatic heterocycles. The Labute approximate surface area is 152 Å². The number of nitrogens with one attached hydrogen (secondary N) is 1. The first-order valence-electron chi connectivity index (χ1n) is 7.25. The molecule has 0 bridgehead atoms. The minimum absolute atomic E-state index is 0.148. The Hall–Kier alpha value is -2.18. The van der Waals surface area contributed by atoms with Gasteiger partial charge in [-0.2, -0.15) is 0 Å². The van der Waals surface area contributed by atoms with Gasteiger partial charge in [0.25, 0.3) is 5.91 Å². The zero-order valence-corrected chi connectivity index (χ0v) is 15.6. The van der Waals surface area contributed by atoms with Crippen molar-refractivity contribution < 1.29 is 9.53 Å². The Morgan fingerprint density at radius 3 is 2.75 bits per heavy atom. The first kappa shape index (κ1) is 16.7. The maximum Gasteiger partial charge on any atom is 0.257 e. The van der Waals surface area contributed by atoms with Crippen molar-refractivity contribution in [2.45, 2.75) is 6.92 Å². The minimum atomic E-state index is -0.148. The standard InChI is InChI=1S/C18H15BrN2O2S/c1-11-5-3-4-6-13(11)17(22)21-18-20-15(10-24-18)12-7-8-16(23-2)14(19)9-12/h3-10H,1-2H3,(H,20,21,22). The van der Waals surface area contributed by atoms with Gasteiger partial charge in [-0.1, -0.05) is 18.2 Å². The predicted molar refractivity (Wildman–Crippen MR) is 101 cm³/mol. The molecule has 1 amide bonds. The molecule has 0 aliphatic carbocycles. The molecule has 3 rings (SSSR count). The number of methoxy groups -OCH3 is 1. The third-order valence-electron chi connectivity index (χ3n) is 3.56. The molecule has 24 heavy (non-hydrogen) atoms. The van der Waals surface area contributed by atoms with E-state index in [0.29, 0.717) is 10.7 Å². The van der Waals surface area contributed by atoms with Gasteiger partial charge >= 0.3 is 0 Å². The molecule has 3 aromatic rings. The summed E-state index contributed by atoms with van der Waals surface area (Å²) in [6.07, 6.45) is 0. The van der Waals surface area contributed by atoms with Crippen LogP contribution < -0.4 is 10.1 Å². The quantitative estimate of drug-likeness (QED) is 0.656. The topological polar surface area (TPSA) is 51.2 Å². The number of carbonyl (C=O) groups excluding carboxylic acids is 1. The first-order chi connectivity index (χ1) is 11.6. The summed E-state index contributed by atoms with van der Waals surface area (Å²) in [5.41, 5.74) is 3.35. The van der Waals surface area contributed by atoms with Crippen LogP contribution in [-0.4, -0.2) is 18.0 Å². The summed E-state index contributed by atoms with van der Waals surface area (Å²) in [7, 11) is 1.63. The molecule has 1 N–H and O–H groups in total. The van der Waals surface area contributed by atoms with Gasteiger partial charge in [-0.15, -0.1) is 11.3 Å². The number of rotatable bonds is 4. The van der Waals surface area contributed by atoms with E-state index in [1.165, 1.54) is 11.3 Å². The lowest BCUT2D eigenvalue weighted by Crippen LogP contribution is -2.12. The summed E-state index contributed by atoms with van der Waals surface area (Å²) in [6, 6.07) is 13.2. The number of amides is 1. The molecule has 6 heteroatoms. The van der Waals surface area contributed by atoms with Crippen LogP contribution in [0.2, 0.25) is 0 Å². The van der Waals surface area contributed by atoms with Crippen molar-refractivity contribution in [2.75, 3.05) is 12.4 Å². The first-order valence-corrected chi connectivity index (χ1v) is 8.92. The average molecular weight is 403 g/mol. The Balaban J connectivity index is 1.80. The van der Waals surface area contributed by atoms with Crippen LogP contribution in [0, 0.1) is 6.92 Å². The van der Waals surface area contributed by atoms with Crippen molar-refractivity contribution in [1.29, 1.82) is 0 Å². The molecule has 0 saturated carbocycles. The number of anilines is 1. The number of ether oxygens (including phenoxy) is 1. The molecule has 0 atom stereocenters. The second kappa shape index (κ2) is 7.15. The summed E-state index contributed by atoms with van der Waals surface area (Å²) in [5.74, 6) is 0.618. The number of thiazole rings is 1. The molecule has 4 nitrogen and oxygen atoms in total. The van der Waals surface area contributed by atoms with Crippen molar-refractivity contribution in [1.82, 2.24) is 4.98 Å². The van der Waals surface area contributed by atoms with E-state index >= 15 is 0 Å². The molecule has 0 aliphatic rings. The highest BCUT2D eigenvalue weighted by molar-refractivity contribution is 9.10. The fraction of sp³-hybridized carbons (Fsp3) is 0.111. The van der Waals surface area contributed by atoms with Crippen LogP contribution in [0.1, 0.15) is 15.9 Å². The van der Waals surface area contributed by atoms with E-state index in [9.17, 15) is 4.79 Å². The summed E-state index contributed by atoms with van der Waals surface area (Å²) in [4.78, 5) is 16.8. The number of halogens is 1. The van der Waals surface area contributed by atoms with Gasteiger partial charge in [-0.25, -0.2) is 4.98 Å². The molecule has 0 fully saturated rings. The number of benzene rings is 2. The van der Waals surface area contributed by atoms with Gasteiger partial charge in [-0.05, 0) is 52.7 Å². The summed E-state index contributed by atoms with van der Waals surface area (Å²) in [5, 5.41) is 5.35. The van der Waals surface area contributed by atoms with Crippen LogP contribution in [0.4, 0.5) is 5.13 Å². The van der Waals surface area contributed by atoms with Crippen LogP contribution >= 0.6 is 27.3 Å². The van der Waals surface area contributed by atoms with Gasteiger partial charge in [0, 0.05) is 16.5 Å². The third-order valence-corrected chi connectivity index (χ3v) is 4.94. The second-order valence-corrected chi connectivity index (χ2v) is 6.87. The van der Waals surface area contributed by atoms with E-state index in [1.54, 1.807) is 13.2 Å². The third kappa shape index (κ3) is 3.49. The molecule has 2 aromatic carbocycles. The largest absolute Gasteiger partial charge is 0.496 e. The minimum Gasteiger partial charge on any atom is -0.496 e. The van der Waals surface area contributed by atoms with Crippen molar-refractivity contribution in [2.24, 2.45) is 0 Å². The fourth-order valence-corrected chi connectivity index (χ4v) is 3.54. The molecular formula is C18H15BrN2O2S. The number of aromatic nitrogens is 1. The van der Waals surface area contributed by atoms with E-state index in [2.05, 4.69) is 26.2 Å². The average Bonchev–Trinajstić information content (AvgIpc) is 3.03. The maximum atomic E-state index is 12.3. The fourth-order valence-electron chi connectivity index (χ4n) is 2.28. The van der Waals surface area contributed by atoms with Gasteiger partial charge in [0.1, 0.15) is 5.75 Å². The zero-order chi connectivity index (χ0) is 17.1. The Morgan fingerprint density at radius 2 is 2.04 bits per heavy atom. The highest BCUT2D eigenvalue weighted by Gasteiger charge is 2.12. The highest BCUT2D eigenvalue weighted by atomic mass is 79.9. The van der Waals surface area contributed by atoms with E-state index in [1.807, 2.05) is 48.7 Å². The summed E-state index contributed by atoms with van der Waals surface area (Å²) < 4.78 is 6.09. The molecule has 0 unspecified atom stereocenters. The van der Waals surface area contributed by atoms with Gasteiger partial charge in [0.15, 0.2) is 5.13 Å². The van der Waals surface area contributed by atoms with Crippen LogP contribution in [0.15, 0.2) is 52.3 Å². The van der Waals surface area contributed by atoms with Gasteiger partial charge in [0.2, 0.25) is 0 Å².